The lowest BCUT2D eigenvalue weighted by Gasteiger charge is -2.25. The van der Waals surface area contributed by atoms with Gasteiger partial charge in [-0.2, -0.15) is 0 Å². The molecule has 1 aromatic rings. The van der Waals surface area contributed by atoms with E-state index in [2.05, 4.69) is 35.3 Å². The van der Waals surface area contributed by atoms with Crippen molar-refractivity contribution in [3.8, 4) is 0 Å². The molecule has 0 aliphatic rings. The van der Waals surface area contributed by atoms with Gasteiger partial charge in [-0.3, -0.25) is 0 Å². The fourth-order valence-electron chi connectivity index (χ4n) is 2.04. The first kappa shape index (κ1) is 16.0. The number of ether oxygens (including phenoxy) is 2. The molecular weight excluding hydrogens is 240 g/mol. The largest absolute Gasteiger partial charge is 0.383 e. The van der Waals surface area contributed by atoms with E-state index in [1.807, 2.05) is 7.05 Å². The highest BCUT2D eigenvalue weighted by molar-refractivity contribution is 5.50. The minimum Gasteiger partial charge on any atom is -0.383 e. The molecule has 1 aromatic carbocycles. The molecule has 0 aliphatic heterocycles. The van der Waals surface area contributed by atoms with Crippen molar-refractivity contribution in [3.05, 3.63) is 29.3 Å². The van der Waals surface area contributed by atoms with Gasteiger partial charge in [0.15, 0.2) is 0 Å². The smallest absolute Gasteiger partial charge is 0.0637 e. The number of nitrogens with one attached hydrogen (secondary N) is 1. The minimum absolute atomic E-state index is 0.723. The van der Waals surface area contributed by atoms with Gasteiger partial charge in [0.1, 0.15) is 0 Å². The topological polar surface area (TPSA) is 33.7 Å². The summed E-state index contributed by atoms with van der Waals surface area (Å²) >= 11 is 0. The fraction of sp³-hybridized carbons (Fsp3) is 0.600. The van der Waals surface area contributed by atoms with Gasteiger partial charge in [-0.15, -0.1) is 0 Å². The maximum atomic E-state index is 5.17. The Morgan fingerprint density at radius 1 is 1.11 bits per heavy atom. The number of aryl methyl sites for hydroxylation is 1. The number of hydrogen-bond donors (Lipinski definition) is 1. The molecule has 0 spiro atoms. The third kappa shape index (κ3) is 5.19. The molecule has 0 aromatic heterocycles. The number of methoxy groups -OCH3 is 2. The van der Waals surface area contributed by atoms with E-state index in [1.54, 1.807) is 14.2 Å². The predicted molar refractivity (Wildman–Crippen MR) is 79.9 cm³/mol. The number of benzene rings is 1. The number of hydrogen-bond acceptors (Lipinski definition) is 4. The average molecular weight is 266 g/mol. The van der Waals surface area contributed by atoms with Crippen LogP contribution in [0.1, 0.15) is 11.1 Å². The summed E-state index contributed by atoms with van der Waals surface area (Å²) in [6.07, 6.45) is 0. The molecule has 0 saturated heterocycles. The SMILES string of the molecule is CNCc1ccc(N(CCOC)CCOC)cc1C. The fourth-order valence-corrected chi connectivity index (χ4v) is 2.04. The second-order valence-electron chi connectivity index (χ2n) is 4.61. The Kier molecular flexibility index (Phi) is 7.48. The second kappa shape index (κ2) is 8.91. The van der Waals surface area contributed by atoms with E-state index >= 15 is 0 Å². The summed E-state index contributed by atoms with van der Waals surface area (Å²) in [5.74, 6) is 0. The molecule has 1 rings (SSSR count). The molecule has 0 fully saturated rings. The van der Waals surface area contributed by atoms with Crippen molar-refractivity contribution >= 4 is 5.69 Å². The average Bonchev–Trinajstić information content (AvgIpc) is 2.41. The third-order valence-corrected chi connectivity index (χ3v) is 3.19. The lowest BCUT2D eigenvalue weighted by atomic mass is 10.1. The Labute approximate surface area is 116 Å². The predicted octanol–water partition coefficient (Wildman–Crippen LogP) is 1.81. The molecule has 1 N–H and O–H groups in total. The standard InChI is InChI=1S/C15H26N2O2/c1-13-11-15(6-5-14(13)12-16-2)17(7-9-18-3)8-10-19-4/h5-6,11,16H,7-10,12H2,1-4H3. The molecular formula is C15H26N2O2. The first-order valence-electron chi connectivity index (χ1n) is 6.70. The van der Waals surface area contributed by atoms with Crippen molar-refractivity contribution in [2.75, 3.05) is 52.5 Å². The number of anilines is 1. The van der Waals surface area contributed by atoms with Crippen LogP contribution in [0.25, 0.3) is 0 Å². The van der Waals surface area contributed by atoms with Gasteiger partial charge in [-0.05, 0) is 37.2 Å². The van der Waals surface area contributed by atoms with Gasteiger partial charge in [0.05, 0.1) is 13.2 Å². The first-order valence-corrected chi connectivity index (χ1v) is 6.70. The van der Waals surface area contributed by atoms with Crippen molar-refractivity contribution in [2.24, 2.45) is 0 Å². The van der Waals surface area contributed by atoms with Crippen LogP contribution in [0.15, 0.2) is 18.2 Å². The van der Waals surface area contributed by atoms with Gasteiger partial charge in [-0.1, -0.05) is 6.07 Å². The molecule has 0 aliphatic carbocycles. The normalized spacial score (nSPS) is 10.7. The molecule has 0 bridgehead atoms. The zero-order chi connectivity index (χ0) is 14.1. The van der Waals surface area contributed by atoms with E-state index in [-0.39, 0.29) is 0 Å². The lowest BCUT2D eigenvalue weighted by molar-refractivity contribution is 0.190. The minimum atomic E-state index is 0.723. The van der Waals surface area contributed by atoms with Crippen LogP contribution in [0.5, 0.6) is 0 Å². The van der Waals surface area contributed by atoms with Crippen molar-refractivity contribution in [1.29, 1.82) is 0 Å². The second-order valence-corrected chi connectivity index (χ2v) is 4.61. The van der Waals surface area contributed by atoms with Crippen LogP contribution in [0, 0.1) is 6.92 Å². The van der Waals surface area contributed by atoms with Gasteiger partial charge in [0, 0.05) is 39.5 Å². The van der Waals surface area contributed by atoms with Crippen molar-refractivity contribution < 1.29 is 9.47 Å². The van der Waals surface area contributed by atoms with E-state index in [1.165, 1.54) is 16.8 Å². The number of nitrogens with zero attached hydrogens (tertiary/aromatic N) is 1. The van der Waals surface area contributed by atoms with Crippen LogP contribution < -0.4 is 10.2 Å². The highest BCUT2D eigenvalue weighted by Crippen LogP contribution is 2.19. The molecule has 0 unspecified atom stereocenters. The van der Waals surface area contributed by atoms with Crippen LogP contribution in [-0.4, -0.2) is 47.6 Å². The van der Waals surface area contributed by atoms with E-state index in [0.717, 1.165) is 32.8 Å². The summed E-state index contributed by atoms with van der Waals surface area (Å²) in [7, 11) is 5.43. The summed E-state index contributed by atoms with van der Waals surface area (Å²) < 4.78 is 10.3. The Morgan fingerprint density at radius 3 is 2.21 bits per heavy atom. The lowest BCUT2D eigenvalue weighted by Crippen LogP contribution is -2.30. The molecule has 0 heterocycles. The summed E-state index contributed by atoms with van der Waals surface area (Å²) in [5, 5.41) is 3.19. The quantitative estimate of drug-likeness (QED) is 0.739. The maximum Gasteiger partial charge on any atom is 0.0637 e. The third-order valence-electron chi connectivity index (χ3n) is 3.19. The van der Waals surface area contributed by atoms with E-state index < -0.39 is 0 Å². The molecule has 0 saturated carbocycles. The van der Waals surface area contributed by atoms with Crippen LogP contribution in [0.3, 0.4) is 0 Å². The summed E-state index contributed by atoms with van der Waals surface area (Å²) in [6.45, 7) is 6.26. The van der Waals surface area contributed by atoms with Gasteiger partial charge < -0.3 is 19.7 Å². The summed E-state index contributed by atoms with van der Waals surface area (Å²) in [6, 6.07) is 6.59. The van der Waals surface area contributed by atoms with E-state index in [0.29, 0.717) is 0 Å². The highest BCUT2D eigenvalue weighted by Gasteiger charge is 2.08. The van der Waals surface area contributed by atoms with Crippen LogP contribution in [-0.2, 0) is 16.0 Å². The van der Waals surface area contributed by atoms with Crippen molar-refractivity contribution in [3.63, 3.8) is 0 Å². The van der Waals surface area contributed by atoms with E-state index in [9.17, 15) is 0 Å². The van der Waals surface area contributed by atoms with Crippen molar-refractivity contribution in [2.45, 2.75) is 13.5 Å². The zero-order valence-electron chi connectivity index (χ0n) is 12.5. The molecule has 108 valence electrons. The van der Waals surface area contributed by atoms with Gasteiger partial charge in [-0.25, -0.2) is 0 Å². The summed E-state index contributed by atoms with van der Waals surface area (Å²) in [5.41, 5.74) is 3.88. The molecule has 4 heteroatoms. The Bertz CT molecular complexity index is 361. The first-order chi connectivity index (χ1) is 9.22. The zero-order valence-corrected chi connectivity index (χ0v) is 12.5. The van der Waals surface area contributed by atoms with Crippen LogP contribution >= 0.6 is 0 Å². The van der Waals surface area contributed by atoms with Gasteiger partial charge in [0.25, 0.3) is 0 Å². The van der Waals surface area contributed by atoms with Crippen LogP contribution in [0.4, 0.5) is 5.69 Å². The van der Waals surface area contributed by atoms with Gasteiger partial charge >= 0.3 is 0 Å². The Hall–Kier alpha value is -1.10. The maximum absolute atomic E-state index is 5.17. The molecule has 0 atom stereocenters. The number of rotatable bonds is 9. The molecule has 19 heavy (non-hydrogen) atoms. The Morgan fingerprint density at radius 2 is 1.74 bits per heavy atom. The monoisotopic (exact) mass is 266 g/mol. The molecule has 0 amide bonds. The van der Waals surface area contributed by atoms with E-state index in [4.69, 9.17) is 9.47 Å². The van der Waals surface area contributed by atoms with Crippen molar-refractivity contribution in [1.82, 2.24) is 5.32 Å². The summed E-state index contributed by atoms with van der Waals surface area (Å²) in [4.78, 5) is 2.29. The van der Waals surface area contributed by atoms with Gasteiger partial charge in [0.2, 0.25) is 0 Å². The Balaban J connectivity index is 2.79. The highest BCUT2D eigenvalue weighted by atomic mass is 16.5. The van der Waals surface area contributed by atoms with Crippen LogP contribution in [0.2, 0.25) is 0 Å². The molecule has 0 radical (unpaired) electrons. The molecule has 4 nitrogen and oxygen atoms in total.